The zero-order valence-electron chi connectivity index (χ0n) is 13.5. The first kappa shape index (κ1) is 20.2. The van der Waals surface area contributed by atoms with E-state index < -0.39 is 6.04 Å². The molecule has 0 heterocycles. The molecule has 0 bridgehead atoms. The first-order chi connectivity index (χ1) is 9.65. The average molecular weight is 330 g/mol. The molecule has 0 spiro atoms. The van der Waals surface area contributed by atoms with Gasteiger partial charge in [0.1, 0.15) is 5.75 Å². The lowest BCUT2D eigenvalue weighted by Crippen LogP contribution is -2.45. The van der Waals surface area contributed by atoms with Crippen molar-refractivity contribution in [1.82, 2.24) is 0 Å². The van der Waals surface area contributed by atoms with Crippen LogP contribution in [-0.2, 0) is 9.59 Å². The van der Waals surface area contributed by atoms with Gasteiger partial charge in [-0.3, -0.25) is 9.59 Å². The van der Waals surface area contributed by atoms with Crippen LogP contribution in [0.2, 0.25) is 0 Å². The molecule has 0 radical (unpaired) electrons. The SMILES string of the molecule is COc1cc(NC(=O)[C@@H](N)C(C)(C)C)ccc1NC(C)=O.Cl. The molecule has 0 unspecified atom stereocenters. The van der Waals surface area contributed by atoms with Crippen molar-refractivity contribution in [2.24, 2.45) is 11.1 Å². The summed E-state index contributed by atoms with van der Waals surface area (Å²) >= 11 is 0. The van der Waals surface area contributed by atoms with Gasteiger partial charge in [0, 0.05) is 18.7 Å². The van der Waals surface area contributed by atoms with Crippen molar-refractivity contribution in [1.29, 1.82) is 0 Å². The van der Waals surface area contributed by atoms with Crippen LogP contribution in [0.15, 0.2) is 18.2 Å². The van der Waals surface area contributed by atoms with E-state index in [1.165, 1.54) is 14.0 Å². The van der Waals surface area contributed by atoms with Crippen LogP contribution in [0.1, 0.15) is 27.7 Å². The van der Waals surface area contributed by atoms with Gasteiger partial charge < -0.3 is 21.1 Å². The molecule has 2 amide bonds. The van der Waals surface area contributed by atoms with Crippen molar-refractivity contribution in [3.8, 4) is 5.75 Å². The first-order valence-corrected chi connectivity index (χ1v) is 6.67. The smallest absolute Gasteiger partial charge is 0.241 e. The van der Waals surface area contributed by atoms with E-state index in [2.05, 4.69) is 10.6 Å². The minimum atomic E-state index is -0.626. The van der Waals surface area contributed by atoms with Gasteiger partial charge in [-0.2, -0.15) is 0 Å². The number of nitrogens with one attached hydrogen (secondary N) is 2. The van der Waals surface area contributed by atoms with Gasteiger partial charge in [-0.15, -0.1) is 12.4 Å². The predicted octanol–water partition coefficient (Wildman–Crippen LogP) is 2.39. The molecule has 1 aromatic carbocycles. The normalized spacial score (nSPS) is 11.9. The Morgan fingerprint density at radius 3 is 2.27 bits per heavy atom. The monoisotopic (exact) mass is 329 g/mol. The summed E-state index contributed by atoms with van der Waals surface area (Å²) in [4.78, 5) is 23.2. The number of halogens is 1. The third-order valence-electron chi connectivity index (χ3n) is 3.00. The first-order valence-electron chi connectivity index (χ1n) is 6.67. The number of carbonyl (C=O) groups excluding carboxylic acids is 2. The average Bonchev–Trinajstić information content (AvgIpc) is 2.37. The Balaban J connectivity index is 0.00000441. The molecule has 6 nitrogen and oxygen atoms in total. The number of rotatable bonds is 4. The molecule has 1 atom stereocenters. The fourth-order valence-corrected chi connectivity index (χ4v) is 1.68. The van der Waals surface area contributed by atoms with Gasteiger partial charge in [-0.25, -0.2) is 0 Å². The summed E-state index contributed by atoms with van der Waals surface area (Å²) in [5.74, 6) is 0.00370. The Bertz CT molecular complexity index is 541. The number of benzene rings is 1. The van der Waals surface area contributed by atoms with Crippen LogP contribution in [0.4, 0.5) is 11.4 Å². The molecule has 0 aliphatic heterocycles. The van der Waals surface area contributed by atoms with Crippen molar-refractivity contribution >= 4 is 35.6 Å². The second-order valence-electron chi connectivity index (χ2n) is 5.93. The zero-order valence-corrected chi connectivity index (χ0v) is 14.3. The van der Waals surface area contributed by atoms with Gasteiger partial charge in [0.05, 0.1) is 18.8 Å². The maximum Gasteiger partial charge on any atom is 0.241 e. The van der Waals surface area contributed by atoms with Crippen LogP contribution >= 0.6 is 12.4 Å². The van der Waals surface area contributed by atoms with E-state index in [0.717, 1.165) is 0 Å². The summed E-state index contributed by atoms with van der Waals surface area (Å²) < 4.78 is 5.20. The summed E-state index contributed by atoms with van der Waals surface area (Å²) in [5, 5.41) is 5.40. The number of hydrogen-bond acceptors (Lipinski definition) is 4. The quantitative estimate of drug-likeness (QED) is 0.790. The molecule has 1 aromatic rings. The number of ether oxygens (including phenoxy) is 1. The van der Waals surface area contributed by atoms with E-state index in [9.17, 15) is 9.59 Å². The highest BCUT2D eigenvalue weighted by atomic mass is 35.5. The maximum atomic E-state index is 12.1. The van der Waals surface area contributed by atoms with Crippen molar-refractivity contribution < 1.29 is 14.3 Å². The highest BCUT2D eigenvalue weighted by Gasteiger charge is 2.27. The lowest BCUT2D eigenvalue weighted by atomic mass is 9.87. The minimum absolute atomic E-state index is 0. The summed E-state index contributed by atoms with van der Waals surface area (Å²) in [5.41, 5.74) is 6.68. The predicted molar refractivity (Wildman–Crippen MR) is 90.6 cm³/mol. The van der Waals surface area contributed by atoms with E-state index in [-0.39, 0.29) is 29.6 Å². The van der Waals surface area contributed by atoms with Crippen molar-refractivity contribution in [2.75, 3.05) is 17.7 Å². The van der Waals surface area contributed by atoms with Crippen molar-refractivity contribution in [3.63, 3.8) is 0 Å². The minimum Gasteiger partial charge on any atom is -0.494 e. The molecule has 0 aromatic heterocycles. The van der Waals surface area contributed by atoms with E-state index >= 15 is 0 Å². The fraction of sp³-hybridized carbons (Fsp3) is 0.467. The molecule has 0 fully saturated rings. The number of hydrogen-bond donors (Lipinski definition) is 3. The Labute approximate surface area is 137 Å². The largest absolute Gasteiger partial charge is 0.494 e. The molecule has 0 aliphatic rings. The highest BCUT2D eigenvalue weighted by Crippen LogP contribution is 2.28. The second kappa shape index (κ2) is 8.00. The summed E-state index contributed by atoms with van der Waals surface area (Å²) in [7, 11) is 1.49. The molecule has 22 heavy (non-hydrogen) atoms. The topological polar surface area (TPSA) is 93.4 Å². The standard InChI is InChI=1S/C15H23N3O3.ClH/c1-9(19)17-11-7-6-10(8-12(11)21-5)18-14(20)13(16)15(2,3)4;/h6-8,13H,16H2,1-5H3,(H,17,19)(H,18,20);1H/t13-;/m1./s1. The molecule has 0 aliphatic carbocycles. The maximum absolute atomic E-state index is 12.1. The molecular weight excluding hydrogens is 306 g/mol. The number of nitrogens with two attached hydrogens (primary N) is 1. The molecule has 0 saturated heterocycles. The summed E-state index contributed by atoms with van der Waals surface area (Å²) in [6.07, 6.45) is 0. The number of anilines is 2. The lowest BCUT2D eigenvalue weighted by molar-refractivity contribution is -0.119. The molecule has 7 heteroatoms. The Morgan fingerprint density at radius 1 is 1.23 bits per heavy atom. The highest BCUT2D eigenvalue weighted by molar-refractivity contribution is 5.96. The zero-order chi connectivity index (χ0) is 16.2. The fourth-order valence-electron chi connectivity index (χ4n) is 1.68. The van der Waals surface area contributed by atoms with Crippen LogP contribution in [0.3, 0.4) is 0 Å². The second-order valence-corrected chi connectivity index (χ2v) is 5.93. The van der Waals surface area contributed by atoms with Crippen LogP contribution in [0.25, 0.3) is 0 Å². The van der Waals surface area contributed by atoms with Crippen LogP contribution in [0.5, 0.6) is 5.75 Å². The number of carbonyl (C=O) groups is 2. The van der Waals surface area contributed by atoms with Crippen molar-refractivity contribution in [2.45, 2.75) is 33.7 Å². The lowest BCUT2D eigenvalue weighted by Gasteiger charge is -2.26. The van der Waals surface area contributed by atoms with Gasteiger partial charge >= 0.3 is 0 Å². The van der Waals surface area contributed by atoms with Gasteiger partial charge in [0.2, 0.25) is 11.8 Å². The summed E-state index contributed by atoms with van der Waals surface area (Å²) in [6.45, 7) is 7.12. The molecule has 0 saturated carbocycles. The Hall–Kier alpha value is -1.79. The van der Waals surface area contributed by atoms with Gasteiger partial charge in [-0.1, -0.05) is 20.8 Å². The van der Waals surface area contributed by atoms with Crippen molar-refractivity contribution in [3.05, 3.63) is 18.2 Å². The Morgan fingerprint density at radius 2 is 1.82 bits per heavy atom. The third-order valence-corrected chi connectivity index (χ3v) is 3.00. The number of methoxy groups -OCH3 is 1. The summed E-state index contributed by atoms with van der Waals surface area (Å²) in [6, 6.07) is 4.36. The Kier molecular flexibility index (Phi) is 7.35. The van der Waals surface area contributed by atoms with Gasteiger partial charge in [0.15, 0.2) is 0 Å². The third kappa shape index (κ3) is 5.54. The van der Waals surface area contributed by atoms with E-state index in [0.29, 0.717) is 17.1 Å². The van der Waals surface area contributed by atoms with E-state index in [1.54, 1.807) is 18.2 Å². The van der Waals surface area contributed by atoms with Gasteiger partial charge in [-0.05, 0) is 17.5 Å². The molecule has 4 N–H and O–H groups in total. The van der Waals surface area contributed by atoms with Crippen LogP contribution < -0.4 is 21.1 Å². The molecule has 124 valence electrons. The molecule has 1 rings (SSSR count). The number of amides is 2. The van der Waals surface area contributed by atoms with Gasteiger partial charge in [0.25, 0.3) is 0 Å². The van der Waals surface area contributed by atoms with Crippen LogP contribution in [-0.4, -0.2) is 25.0 Å². The van der Waals surface area contributed by atoms with Crippen LogP contribution in [0, 0.1) is 5.41 Å². The van der Waals surface area contributed by atoms with E-state index in [1.807, 2.05) is 20.8 Å². The molecular formula is C15H24ClN3O3. The van der Waals surface area contributed by atoms with E-state index in [4.69, 9.17) is 10.5 Å².